The second kappa shape index (κ2) is 39.1. The first kappa shape index (κ1) is 45.6. The van der Waals surface area contributed by atoms with E-state index in [4.69, 9.17) is 0 Å². The van der Waals surface area contributed by atoms with Crippen LogP contribution in [0.5, 0.6) is 0 Å². The van der Waals surface area contributed by atoms with E-state index in [1.165, 1.54) is 161 Å². The molecule has 0 spiro atoms. The van der Waals surface area contributed by atoms with Crippen LogP contribution in [0.3, 0.4) is 0 Å². The zero-order valence-electron chi connectivity index (χ0n) is 31.5. The Morgan fingerprint density at radius 2 is 0.830 bits per heavy atom. The second-order valence-corrected chi connectivity index (χ2v) is 14.0. The predicted octanol–water partition coefficient (Wildman–Crippen LogP) is 12.6. The first-order chi connectivity index (χ1) is 23.2. The zero-order chi connectivity index (χ0) is 34.3. The van der Waals surface area contributed by atoms with Gasteiger partial charge in [0, 0.05) is 6.42 Å². The van der Waals surface area contributed by atoms with Crippen LogP contribution in [-0.4, -0.2) is 34.9 Å². The molecule has 0 heterocycles. The van der Waals surface area contributed by atoms with Crippen molar-refractivity contribution in [2.24, 2.45) is 0 Å². The molecule has 276 valence electrons. The lowest BCUT2D eigenvalue weighted by molar-refractivity contribution is -0.123. The van der Waals surface area contributed by atoms with Gasteiger partial charge in [0.2, 0.25) is 5.91 Å². The number of allylic oxidation sites excluding steroid dienone is 5. The molecule has 0 rings (SSSR count). The highest BCUT2D eigenvalue weighted by molar-refractivity contribution is 5.76. The summed E-state index contributed by atoms with van der Waals surface area (Å²) >= 11 is 0. The molecule has 4 nitrogen and oxygen atoms in total. The third-order valence-corrected chi connectivity index (χ3v) is 9.35. The molecular formula is C43H81NO3. The fraction of sp³-hybridized carbons (Fsp3) is 0.837. The molecule has 0 aromatic rings. The Kier molecular flexibility index (Phi) is 37.9. The minimum atomic E-state index is -0.859. The quantitative estimate of drug-likeness (QED) is 0.0459. The number of amides is 1. The topological polar surface area (TPSA) is 69.6 Å². The lowest BCUT2D eigenvalue weighted by Crippen LogP contribution is -2.45. The Labute approximate surface area is 293 Å². The van der Waals surface area contributed by atoms with E-state index in [0.717, 1.165) is 32.1 Å². The van der Waals surface area contributed by atoms with Crippen molar-refractivity contribution in [1.29, 1.82) is 0 Å². The number of aliphatic hydroxyl groups is 2. The van der Waals surface area contributed by atoms with Crippen molar-refractivity contribution >= 4 is 5.91 Å². The molecule has 0 radical (unpaired) electrons. The molecule has 2 atom stereocenters. The second-order valence-electron chi connectivity index (χ2n) is 14.0. The van der Waals surface area contributed by atoms with Crippen LogP contribution in [0.1, 0.15) is 213 Å². The van der Waals surface area contributed by atoms with Crippen LogP contribution >= 0.6 is 0 Å². The van der Waals surface area contributed by atoms with Crippen molar-refractivity contribution in [1.82, 2.24) is 5.32 Å². The van der Waals surface area contributed by atoms with Gasteiger partial charge in [-0.1, -0.05) is 185 Å². The molecule has 3 N–H and O–H groups in total. The fourth-order valence-electron chi connectivity index (χ4n) is 6.13. The fourth-order valence-corrected chi connectivity index (χ4v) is 6.13. The summed E-state index contributed by atoms with van der Waals surface area (Å²) < 4.78 is 0. The smallest absolute Gasteiger partial charge is 0.220 e. The van der Waals surface area contributed by atoms with Crippen LogP contribution in [0, 0.1) is 0 Å². The summed E-state index contributed by atoms with van der Waals surface area (Å²) in [5.74, 6) is -0.0758. The number of hydrogen-bond donors (Lipinski definition) is 3. The molecule has 0 saturated carbocycles. The summed E-state index contributed by atoms with van der Waals surface area (Å²) in [6, 6.07) is -0.636. The average Bonchev–Trinajstić information content (AvgIpc) is 3.07. The number of carbonyl (C=O) groups excluding carboxylic acids is 1. The first-order valence-electron chi connectivity index (χ1n) is 20.7. The Hall–Kier alpha value is -1.39. The van der Waals surface area contributed by atoms with E-state index < -0.39 is 12.1 Å². The minimum Gasteiger partial charge on any atom is -0.394 e. The van der Waals surface area contributed by atoms with Gasteiger partial charge in [-0.3, -0.25) is 4.79 Å². The van der Waals surface area contributed by atoms with Gasteiger partial charge in [0.25, 0.3) is 0 Å². The van der Waals surface area contributed by atoms with E-state index >= 15 is 0 Å². The molecule has 1 amide bonds. The molecule has 4 heteroatoms. The molecule has 0 aromatic carbocycles. The van der Waals surface area contributed by atoms with E-state index in [2.05, 4.69) is 43.5 Å². The number of nitrogens with one attached hydrogen (secondary N) is 1. The third kappa shape index (κ3) is 35.7. The van der Waals surface area contributed by atoms with E-state index in [0.29, 0.717) is 6.42 Å². The van der Waals surface area contributed by atoms with Gasteiger partial charge in [-0.25, -0.2) is 0 Å². The lowest BCUT2D eigenvalue weighted by atomic mass is 10.0. The van der Waals surface area contributed by atoms with E-state index in [-0.39, 0.29) is 12.5 Å². The Balaban J connectivity index is 3.56. The average molecular weight is 660 g/mol. The normalized spacial score (nSPS) is 13.4. The Bertz CT molecular complexity index is 716. The van der Waals surface area contributed by atoms with Crippen LogP contribution in [-0.2, 0) is 4.79 Å². The summed E-state index contributed by atoms with van der Waals surface area (Å²) in [6.07, 6.45) is 51.0. The summed E-state index contributed by atoms with van der Waals surface area (Å²) in [6.45, 7) is 4.28. The highest BCUT2D eigenvalue weighted by Crippen LogP contribution is 2.14. The lowest BCUT2D eigenvalue weighted by Gasteiger charge is -2.19. The molecule has 0 saturated heterocycles. The number of hydrogen-bond acceptors (Lipinski definition) is 3. The molecule has 2 unspecified atom stereocenters. The monoisotopic (exact) mass is 660 g/mol. The van der Waals surface area contributed by atoms with Gasteiger partial charge < -0.3 is 15.5 Å². The van der Waals surface area contributed by atoms with Gasteiger partial charge in [-0.05, 0) is 57.8 Å². The van der Waals surface area contributed by atoms with Crippen LogP contribution in [0.15, 0.2) is 36.5 Å². The first-order valence-corrected chi connectivity index (χ1v) is 20.7. The number of unbranched alkanes of at least 4 members (excludes halogenated alkanes) is 26. The highest BCUT2D eigenvalue weighted by Gasteiger charge is 2.17. The van der Waals surface area contributed by atoms with Crippen LogP contribution in [0.4, 0.5) is 0 Å². The standard InChI is InChI=1S/C43H81NO3/c1-3-5-7-9-11-13-15-17-18-19-20-21-22-23-24-25-26-27-29-31-33-35-37-39-43(47)44-41(40-45)42(46)38-36-34-32-30-28-16-14-12-10-8-6-4-2/h19-20,28,30,36,38,41-42,45-46H,3-18,21-27,29,31-35,37,39-40H2,1-2H3,(H,44,47)/b20-19-,30-28+,38-36+. The molecule has 47 heavy (non-hydrogen) atoms. The van der Waals surface area contributed by atoms with Gasteiger partial charge in [0.05, 0.1) is 18.8 Å². The van der Waals surface area contributed by atoms with E-state index in [1.807, 2.05) is 6.08 Å². The van der Waals surface area contributed by atoms with Gasteiger partial charge in [0.15, 0.2) is 0 Å². The van der Waals surface area contributed by atoms with Crippen molar-refractivity contribution in [3.8, 4) is 0 Å². The molecule has 0 fully saturated rings. The summed E-state index contributed by atoms with van der Waals surface area (Å²) in [4.78, 5) is 12.3. The number of aliphatic hydroxyl groups excluding tert-OH is 2. The van der Waals surface area contributed by atoms with E-state index in [9.17, 15) is 15.0 Å². The highest BCUT2D eigenvalue weighted by atomic mass is 16.3. The minimum absolute atomic E-state index is 0.0758. The van der Waals surface area contributed by atoms with Gasteiger partial charge in [-0.2, -0.15) is 0 Å². The van der Waals surface area contributed by atoms with Crippen LogP contribution < -0.4 is 5.32 Å². The third-order valence-electron chi connectivity index (χ3n) is 9.35. The van der Waals surface area contributed by atoms with Crippen molar-refractivity contribution in [2.45, 2.75) is 225 Å². The molecule has 0 aromatic heterocycles. The SMILES string of the molecule is CCCCCCCC/C=C/CC/C=C/C(O)C(CO)NC(=O)CCCCCCCCCCCCC/C=C\CCCCCCCCCC. The van der Waals surface area contributed by atoms with E-state index in [1.54, 1.807) is 6.08 Å². The molecule has 0 aliphatic rings. The molecule has 0 aliphatic carbocycles. The van der Waals surface area contributed by atoms with Crippen LogP contribution in [0.25, 0.3) is 0 Å². The molecule has 0 bridgehead atoms. The predicted molar refractivity (Wildman–Crippen MR) is 207 cm³/mol. The maximum Gasteiger partial charge on any atom is 0.220 e. The Morgan fingerprint density at radius 1 is 0.489 bits per heavy atom. The van der Waals surface area contributed by atoms with Crippen molar-refractivity contribution in [3.63, 3.8) is 0 Å². The van der Waals surface area contributed by atoms with Crippen molar-refractivity contribution in [3.05, 3.63) is 36.5 Å². The zero-order valence-corrected chi connectivity index (χ0v) is 31.5. The van der Waals surface area contributed by atoms with Gasteiger partial charge in [0.1, 0.15) is 0 Å². The largest absolute Gasteiger partial charge is 0.394 e. The van der Waals surface area contributed by atoms with Crippen molar-refractivity contribution in [2.75, 3.05) is 6.61 Å². The molecule has 0 aliphatic heterocycles. The summed E-state index contributed by atoms with van der Waals surface area (Å²) in [5, 5.41) is 22.9. The summed E-state index contributed by atoms with van der Waals surface area (Å²) in [5.41, 5.74) is 0. The Morgan fingerprint density at radius 3 is 1.23 bits per heavy atom. The number of carbonyl (C=O) groups is 1. The molecular weight excluding hydrogens is 578 g/mol. The maximum absolute atomic E-state index is 12.3. The van der Waals surface area contributed by atoms with Crippen molar-refractivity contribution < 1.29 is 15.0 Å². The van der Waals surface area contributed by atoms with Gasteiger partial charge in [-0.15, -0.1) is 0 Å². The number of rotatable bonds is 37. The van der Waals surface area contributed by atoms with Crippen LogP contribution in [0.2, 0.25) is 0 Å². The maximum atomic E-state index is 12.3. The van der Waals surface area contributed by atoms with Gasteiger partial charge >= 0.3 is 0 Å². The summed E-state index contributed by atoms with van der Waals surface area (Å²) in [7, 11) is 0.